The van der Waals surface area contributed by atoms with E-state index in [1.807, 2.05) is 17.1 Å². The van der Waals surface area contributed by atoms with Gasteiger partial charge in [-0.15, -0.1) is 0 Å². The number of hydrogen-bond donors (Lipinski definition) is 1. The maximum atomic E-state index is 9.58. The van der Waals surface area contributed by atoms with Crippen LogP contribution < -0.4 is 0 Å². The third-order valence-electron chi connectivity index (χ3n) is 4.33. The quantitative estimate of drug-likeness (QED) is 0.939. The predicted octanol–water partition coefficient (Wildman–Crippen LogP) is 2.61. The number of likely N-dealkylation sites (tertiary alicyclic amines) is 1. The normalized spacial score (nSPS) is 20.3. The van der Waals surface area contributed by atoms with Gasteiger partial charge in [-0.3, -0.25) is 4.90 Å². The lowest BCUT2D eigenvalue weighted by molar-refractivity contribution is 0.118. The van der Waals surface area contributed by atoms with Crippen LogP contribution in [0, 0.1) is 0 Å². The van der Waals surface area contributed by atoms with Gasteiger partial charge >= 0.3 is 0 Å². The van der Waals surface area contributed by atoms with Gasteiger partial charge in [0.15, 0.2) is 0 Å². The number of nitrogens with zero attached hydrogens (tertiary/aromatic N) is 3. The lowest BCUT2D eigenvalue weighted by Gasteiger charge is -2.28. The molecule has 4 heteroatoms. The number of benzene rings is 1. The van der Waals surface area contributed by atoms with Gasteiger partial charge in [-0.2, -0.15) is 0 Å². The van der Waals surface area contributed by atoms with Gasteiger partial charge < -0.3 is 9.67 Å². The smallest absolute Gasteiger partial charge is 0.0991 e. The van der Waals surface area contributed by atoms with E-state index in [0.29, 0.717) is 6.04 Å². The van der Waals surface area contributed by atoms with Gasteiger partial charge in [0, 0.05) is 30.7 Å². The minimum absolute atomic E-state index is 0.271. The summed E-state index contributed by atoms with van der Waals surface area (Å²) in [6.45, 7) is 2.29. The lowest BCUT2D eigenvalue weighted by Crippen LogP contribution is -2.36. The first-order valence-electron chi connectivity index (χ1n) is 7.79. The van der Waals surface area contributed by atoms with E-state index >= 15 is 0 Å². The third kappa shape index (κ3) is 3.52. The maximum Gasteiger partial charge on any atom is 0.0991 e. The molecule has 0 saturated carbocycles. The Morgan fingerprint density at radius 2 is 2.00 bits per heavy atom. The zero-order chi connectivity index (χ0) is 14.5. The van der Waals surface area contributed by atoms with Crippen molar-refractivity contribution in [3.8, 4) is 5.69 Å². The summed E-state index contributed by atoms with van der Waals surface area (Å²) in [6.07, 6.45) is 10.4. The van der Waals surface area contributed by atoms with Crippen LogP contribution in [0.5, 0.6) is 0 Å². The summed E-state index contributed by atoms with van der Waals surface area (Å²) in [5.41, 5.74) is 2.44. The molecule has 1 aliphatic heterocycles. The molecule has 0 spiro atoms. The highest BCUT2D eigenvalue weighted by Crippen LogP contribution is 2.19. The molecule has 0 aliphatic carbocycles. The SMILES string of the molecule is OC[C@@H]1CCCCCN1Cc1ccc(-n2ccnc2)cc1. The summed E-state index contributed by atoms with van der Waals surface area (Å²) < 4.78 is 2.01. The molecule has 2 aromatic rings. The molecule has 0 bridgehead atoms. The van der Waals surface area contributed by atoms with Crippen molar-refractivity contribution in [1.29, 1.82) is 0 Å². The van der Waals surface area contributed by atoms with E-state index in [-0.39, 0.29) is 6.61 Å². The molecule has 1 aliphatic rings. The van der Waals surface area contributed by atoms with Crippen molar-refractivity contribution < 1.29 is 5.11 Å². The molecule has 3 rings (SSSR count). The molecule has 112 valence electrons. The van der Waals surface area contributed by atoms with Crippen LogP contribution in [0.15, 0.2) is 43.0 Å². The number of imidazole rings is 1. The fraction of sp³-hybridized carbons (Fsp3) is 0.471. The lowest BCUT2D eigenvalue weighted by atomic mass is 10.1. The minimum Gasteiger partial charge on any atom is -0.395 e. The molecular formula is C17H23N3O. The van der Waals surface area contributed by atoms with Gasteiger partial charge in [-0.1, -0.05) is 25.0 Å². The molecule has 1 aromatic carbocycles. The Morgan fingerprint density at radius 1 is 1.14 bits per heavy atom. The van der Waals surface area contributed by atoms with Gasteiger partial charge in [-0.25, -0.2) is 4.98 Å². The van der Waals surface area contributed by atoms with Crippen molar-refractivity contribution in [2.75, 3.05) is 13.2 Å². The Bertz CT molecular complexity index is 536. The van der Waals surface area contributed by atoms with Gasteiger partial charge in [-0.05, 0) is 37.1 Å². The summed E-state index contributed by atoms with van der Waals surface area (Å²) in [5.74, 6) is 0. The van der Waals surface area contributed by atoms with Gasteiger partial charge in [0.25, 0.3) is 0 Å². The molecule has 0 unspecified atom stereocenters. The number of aliphatic hydroxyl groups excluding tert-OH is 1. The standard InChI is InChI=1S/C17H23N3O/c21-13-17-4-2-1-3-10-19(17)12-15-5-7-16(8-6-15)20-11-9-18-14-20/h5-9,11,14,17,21H,1-4,10,12-13H2/t17-/m0/s1. The predicted molar refractivity (Wildman–Crippen MR) is 83.3 cm³/mol. The molecule has 0 radical (unpaired) electrons. The van der Waals surface area contributed by atoms with Crippen LogP contribution in [-0.4, -0.2) is 38.8 Å². The van der Waals surface area contributed by atoms with Crippen LogP contribution in [0.3, 0.4) is 0 Å². The van der Waals surface area contributed by atoms with Crippen LogP contribution in [0.1, 0.15) is 31.2 Å². The Hall–Kier alpha value is -1.65. The molecule has 21 heavy (non-hydrogen) atoms. The van der Waals surface area contributed by atoms with Crippen LogP contribution >= 0.6 is 0 Å². The Balaban J connectivity index is 1.69. The summed E-state index contributed by atoms with van der Waals surface area (Å²) in [5, 5.41) is 9.58. The van der Waals surface area contributed by atoms with E-state index in [1.165, 1.54) is 24.8 Å². The van der Waals surface area contributed by atoms with Crippen LogP contribution in [-0.2, 0) is 6.54 Å². The summed E-state index contributed by atoms with van der Waals surface area (Å²) in [7, 11) is 0. The van der Waals surface area contributed by atoms with Crippen molar-refractivity contribution in [2.45, 2.75) is 38.3 Å². The molecule has 4 nitrogen and oxygen atoms in total. The molecule has 0 amide bonds. The Labute approximate surface area is 126 Å². The number of aliphatic hydroxyl groups is 1. The van der Waals surface area contributed by atoms with E-state index in [4.69, 9.17) is 0 Å². The topological polar surface area (TPSA) is 41.3 Å². The molecule has 1 saturated heterocycles. The fourth-order valence-corrected chi connectivity index (χ4v) is 3.07. The van der Waals surface area contributed by atoms with E-state index in [9.17, 15) is 5.11 Å². The van der Waals surface area contributed by atoms with Crippen molar-refractivity contribution >= 4 is 0 Å². The Kier molecular flexibility index (Phi) is 4.68. The third-order valence-corrected chi connectivity index (χ3v) is 4.33. The largest absolute Gasteiger partial charge is 0.395 e. The van der Waals surface area contributed by atoms with Gasteiger partial charge in [0.2, 0.25) is 0 Å². The van der Waals surface area contributed by atoms with Crippen molar-refractivity contribution in [2.24, 2.45) is 0 Å². The second-order valence-electron chi connectivity index (χ2n) is 5.79. The van der Waals surface area contributed by atoms with E-state index in [2.05, 4.69) is 34.1 Å². The summed E-state index contributed by atoms with van der Waals surface area (Å²) >= 11 is 0. The van der Waals surface area contributed by atoms with Crippen molar-refractivity contribution in [1.82, 2.24) is 14.5 Å². The first kappa shape index (κ1) is 14.3. The zero-order valence-corrected chi connectivity index (χ0v) is 12.4. The average molecular weight is 285 g/mol. The highest BCUT2D eigenvalue weighted by atomic mass is 16.3. The molecule has 1 aromatic heterocycles. The summed E-state index contributed by atoms with van der Waals surface area (Å²) in [6, 6.07) is 8.93. The monoisotopic (exact) mass is 285 g/mol. The highest BCUT2D eigenvalue weighted by Gasteiger charge is 2.20. The van der Waals surface area contributed by atoms with E-state index in [1.54, 1.807) is 6.20 Å². The van der Waals surface area contributed by atoms with Gasteiger partial charge in [0.1, 0.15) is 0 Å². The van der Waals surface area contributed by atoms with Crippen molar-refractivity contribution in [3.05, 3.63) is 48.5 Å². The fourth-order valence-electron chi connectivity index (χ4n) is 3.07. The molecule has 2 heterocycles. The zero-order valence-electron chi connectivity index (χ0n) is 12.4. The number of hydrogen-bond acceptors (Lipinski definition) is 3. The first-order valence-corrected chi connectivity index (χ1v) is 7.79. The van der Waals surface area contributed by atoms with Crippen LogP contribution in [0.4, 0.5) is 0 Å². The van der Waals surface area contributed by atoms with E-state index in [0.717, 1.165) is 25.2 Å². The van der Waals surface area contributed by atoms with Crippen molar-refractivity contribution in [3.63, 3.8) is 0 Å². The highest BCUT2D eigenvalue weighted by molar-refractivity contribution is 5.34. The molecule has 1 fully saturated rings. The number of aromatic nitrogens is 2. The summed E-state index contributed by atoms with van der Waals surface area (Å²) in [4.78, 5) is 6.50. The van der Waals surface area contributed by atoms with Gasteiger partial charge in [0.05, 0.1) is 12.9 Å². The molecular weight excluding hydrogens is 262 g/mol. The van der Waals surface area contributed by atoms with Crippen LogP contribution in [0.2, 0.25) is 0 Å². The second-order valence-corrected chi connectivity index (χ2v) is 5.79. The minimum atomic E-state index is 0.271. The Morgan fingerprint density at radius 3 is 2.71 bits per heavy atom. The average Bonchev–Trinajstić information content (AvgIpc) is 2.96. The first-order chi connectivity index (χ1) is 10.4. The second kappa shape index (κ2) is 6.87. The molecule has 1 N–H and O–H groups in total. The number of rotatable bonds is 4. The van der Waals surface area contributed by atoms with E-state index < -0.39 is 0 Å². The molecule has 1 atom stereocenters. The van der Waals surface area contributed by atoms with Crippen LogP contribution in [0.25, 0.3) is 5.69 Å². The maximum absolute atomic E-state index is 9.58.